The van der Waals surface area contributed by atoms with Crippen molar-refractivity contribution >= 4 is 5.91 Å². The minimum Gasteiger partial charge on any atom is -0.490 e. The predicted molar refractivity (Wildman–Crippen MR) is 84.4 cm³/mol. The Labute approximate surface area is 131 Å². The first-order chi connectivity index (χ1) is 10.7. The first kappa shape index (κ1) is 15.2. The third-order valence-electron chi connectivity index (χ3n) is 4.26. The van der Waals surface area contributed by atoms with Gasteiger partial charge in [0.2, 0.25) is 5.91 Å². The van der Waals surface area contributed by atoms with Crippen LogP contribution in [0.4, 0.5) is 0 Å². The van der Waals surface area contributed by atoms with Crippen LogP contribution in [0.15, 0.2) is 18.2 Å². The lowest BCUT2D eigenvalue weighted by atomic mass is 10.1. The van der Waals surface area contributed by atoms with Gasteiger partial charge in [-0.1, -0.05) is 6.07 Å². The molecule has 120 valence electrons. The van der Waals surface area contributed by atoms with E-state index in [1.54, 1.807) is 0 Å². The summed E-state index contributed by atoms with van der Waals surface area (Å²) in [5.41, 5.74) is 1.13. The molecule has 0 aliphatic carbocycles. The Balaban J connectivity index is 1.59. The van der Waals surface area contributed by atoms with Crippen molar-refractivity contribution in [3.63, 3.8) is 0 Å². The molecular weight excluding hydrogens is 280 g/mol. The van der Waals surface area contributed by atoms with Gasteiger partial charge in [-0.25, -0.2) is 0 Å². The number of carbonyl (C=O) groups is 1. The van der Waals surface area contributed by atoms with E-state index in [9.17, 15) is 4.79 Å². The molecule has 3 rings (SSSR count). The second kappa shape index (κ2) is 7.01. The summed E-state index contributed by atoms with van der Waals surface area (Å²) in [4.78, 5) is 14.4. The van der Waals surface area contributed by atoms with Gasteiger partial charge in [-0.2, -0.15) is 0 Å². The number of rotatable bonds is 3. The fourth-order valence-corrected chi connectivity index (χ4v) is 2.97. The Morgan fingerprint density at radius 3 is 2.95 bits per heavy atom. The number of benzene rings is 1. The highest BCUT2D eigenvalue weighted by atomic mass is 16.5. The van der Waals surface area contributed by atoms with Gasteiger partial charge in [0.25, 0.3) is 0 Å². The van der Waals surface area contributed by atoms with Gasteiger partial charge in [0, 0.05) is 38.5 Å². The van der Waals surface area contributed by atoms with Gasteiger partial charge < -0.3 is 19.7 Å². The molecule has 1 aromatic carbocycles. The van der Waals surface area contributed by atoms with Crippen molar-refractivity contribution in [2.75, 3.05) is 32.8 Å². The first-order valence-corrected chi connectivity index (χ1v) is 8.13. The molecule has 22 heavy (non-hydrogen) atoms. The minimum absolute atomic E-state index is 0.237. The number of hydrogen-bond donors (Lipinski definition) is 1. The van der Waals surface area contributed by atoms with Crippen molar-refractivity contribution in [2.24, 2.45) is 0 Å². The maximum Gasteiger partial charge on any atom is 0.223 e. The van der Waals surface area contributed by atoms with E-state index in [0.29, 0.717) is 19.6 Å². The number of aryl methyl sites for hydroxylation is 1. The Hall–Kier alpha value is -1.75. The third kappa shape index (κ3) is 3.53. The molecule has 0 saturated carbocycles. The molecule has 1 aromatic rings. The first-order valence-electron chi connectivity index (χ1n) is 8.13. The van der Waals surface area contributed by atoms with Crippen LogP contribution >= 0.6 is 0 Å². The molecule has 1 unspecified atom stereocenters. The lowest BCUT2D eigenvalue weighted by molar-refractivity contribution is -0.133. The maximum absolute atomic E-state index is 12.4. The van der Waals surface area contributed by atoms with Gasteiger partial charge in [0.15, 0.2) is 11.5 Å². The van der Waals surface area contributed by atoms with E-state index in [-0.39, 0.29) is 11.9 Å². The highest BCUT2D eigenvalue weighted by molar-refractivity contribution is 5.77. The van der Waals surface area contributed by atoms with Gasteiger partial charge in [0.05, 0.1) is 13.2 Å². The van der Waals surface area contributed by atoms with Gasteiger partial charge in [0.1, 0.15) is 0 Å². The van der Waals surface area contributed by atoms with Crippen molar-refractivity contribution in [2.45, 2.75) is 32.2 Å². The molecule has 1 N–H and O–H groups in total. The van der Waals surface area contributed by atoms with Crippen LogP contribution in [-0.4, -0.2) is 49.7 Å². The summed E-state index contributed by atoms with van der Waals surface area (Å²) in [5.74, 6) is 1.85. The molecular formula is C17H24N2O3. The number of hydrogen-bond acceptors (Lipinski definition) is 4. The van der Waals surface area contributed by atoms with E-state index in [1.807, 2.05) is 23.1 Å². The van der Waals surface area contributed by atoms with Gasteiger partial charge in [-0.05, 0) is 31.0 Å². The standard InChI is InChI=1S/C17H24N2O3/c1-13-12-18-7-8-19(13)17(20)6-4-14-3-5-15-16(11-14)22-10-2-9-21-15/h3,5,11,13,18H,2,4,6-10,12H2,1H3. The Morgan fingerprint density at radius 2 is 2.14 bits per heavy atom. The second-order valence-corrected chi connectivity index (χ2v) is 5.97. The third-order valence-corrected chi connectivity index (χ3v) is 4.26. The van der Waals surface area contributed by atoms with E-state index in [1.165, 1.54) is 0 Å². The van der Waals surface area contributed by atoms with Gasteiger partial charge in [-0.3, -0.25) is 4.79 Å². The monoisotopic (exact) mass is 304 g/mol. The molecule has 2 aliphatic rings. The molecule has 0 spiro atoms. The van der Waals surface area contributed by atoms with E-state index < -0.39 is 0 Å². The molecule has 5 heteroatoms. The summed E-state index contributed by atoms with van der Waals surface area (Å²) in [6.07, 6.45) is 2.19. The van der Waals surface area contributed by atoms with Gasteiger partial charge in [-0.15, -0.1) is 0 Å². The lowest BCUT2D eigenvalue weighted by Gasteiger charge is -2.34. The van der Waals surface area contributed by atoms with E-state index in [4.69, 9.17) is 9.47 Å². The van der Waals surface area contributed by atoms with Crippen molar-refractivity contribution in [3.05, 3.63) is 23.8 Å². The quantitative estimate of drug-likeness (QED) is 0.921. The van der Waals surface area contributed by atoms with Crippen LogP contribution in [0, 0.1) is 0 Å². The van der Waals surface area contributed by atoms with E-state index in [0.717, 1.165) is 49.5 Å². The fraction of sp³-hybridized carbons (Fsp3) is 0.588. The average Bonchev–Trinajstić information content (AvgIpc) is 2.78. The van der Waals surface area contributed by atoms with Crippen LogP contribution < -0.4 is 14.8 Å². The number of amides is 1. The molecule has 2 heterocycles. The van der Waals surface area contributed by atoms with Crippen LogP contribution in [0.1, 0.15) is 25.3 Å². The minimum atomic E-state index is 0.237. The van der Waals surface area contributed by atoms with Crippen molar-refractivity contribution < 1.29 is 14.3 Å². The van der Waals surface area contributed by atoms with Crippen molar-refractivity contribution in [1.29, 1.82) is 0 Å². The molecule has 1 saturated heterocycles. The smallest absolute Gasteiger partial charge is 0.223 e. The molecule has 1 fully saturated rings. The maximum atomic E-state index is 12.4. The number of piperazine rings is 1. The summed E-state index contributed by atoms with van der Waals surface area (Å²) >= 11 is 0. The highest BCUT2D eigenvalue weighted by Crippen LogP contribution is 2.30. The van der Waals surface area contributed by atoms with E-state index >= 15 is 0 Å². The normalized spacial score (nSPS) is 21.3. The molecule has 0 aromatic heterocycles. The second-order valence-electron chi connectivity index (χ2n) is 5.97. The van der Waals surface area contributed by atoms with Crippen LogP contribution in [0.2, 0.25) is 0 Å². The number of ether oxygens (including phenoxy) is 2. The Bertz CT molecular complexity index is 533. The molecule has 5 nitrogen and oxygen atoms in total. The molecule has 0 radical (unpaired) electrons. The fourth-order valence-electron chi connectivity index (χ4n) is 2.97. The molecule has 1 amide bonds. The summed E-state index contributed by atoms with van der Waals surface area (Å²) in [7, 11) is 0. The highest BCUT2D eigenvalue weighted by Gasteiger charge is 2.22. The number of carbonyl (C=O) groups excluding carboxylic acids is 1. The molecule has 1 atom stereocenters. The Kier molecular flexibility index (Phi) is 4.83. The van der Waals surface area contributed by atoms with Crippen LogP contribution in [-0.2, 0) is 11.2 Å². The summed E-state index contributed by atoms with van der Waals surface area (Å²) in [5, 5.41) is 3.31. The molecule has 2 aliphatic heterocycles. The number of nitrogens with zero attached hydrogens (tertiary/aromatic N) is 1. The SMILES string of the molecule is CC1CNCCN1C(=O)CCc1ccc2c(c1)OCCCO2. The summed E-state index contributed by atoms with van der Waals surface area (Å²) < 4.78 is 11.3. The zero-order valence-corrected chi connectivity index (χ0v) is 13.1. The van der Waals surface area contributed by atoms with Crippen LogP contribution in [0.3, 0.4) is 0 Å². The number of fused-ring (bicyclic) bond motifs is 1. The predicted octanol–water partition coefficient (Wildman–Crippen LogP) is 1.60. The van der Waals surface area contributed by atoms with Crippen LogP contribution in [0.5, 0.6) is 11.5 Å². The molecule has 0 bridgehead atoms. The number of nitrogens with one attached hydrogen (secondary N) is 1. The average molecular weight is 304 g/mol. The Morgan fingerprint density at radius 1 is 1.32 bits per heavy atom. The topological polar surface area (TPSA) is 50.8 Å². The zero-order valence-electron chi connectivity index (χ0n) is 13.1. The van der Waals surface area contributed by atoms with Crippen LogP contribution in [0.25, 0.3) is 0 Å². The van der Waals surface area contributed by atoms with Crippen molar-refractivity contribution in [1.82, 2.24) is 10.2 Å². The zero-order chi connectivity index (χ0) is 15.4. The largest absolute Gasteiger partial charge is 0.490 e. The lowest BCUT2D eigenvalue weighted by Crippen LogP contribution is -2.52. The summed E-state index contributed by atoms with van der Waals surface area (Å²) in [6.45, 7) is 6.06. The summed E-state index contributed by atoms with van der Waals surface area (Å²) in [6, 6.07) is 6.27. The van der Waals surface area contributed by atoms with Crippen molar-refractivity contribution in [3.8, 4) is 11.5 Å². The van der Waals surface area contributed by atoms with E-state index in [2.05, 4.69) is 12.2 Å². The van der Waals surface area contributed by atoms with Gasteiger partial charge >= 0.3 is 0 Å².